The fourth-order valence-electron chi connectivity index (χ4n) is 5.07. The van der Waals surface area contributed by atoms with Crippen LogP contribution in [0.5, 0.6) is 0 Å². The Balaban J connectivity index is 1.35. The topological polar surface area (TPSA) is 116 Å². The van der Waals surface area contributed by atoms with Crippen molar-refractivity contribution in [1.29, 1.82) is 0 Å². The first-order valence-electron chi connectivity index (χ1n) is 12.5. The molecule has 9 nitrogen and oxygen atoms in total. The average Bonchev–Trinajstić information content (AvgIpc) is 3.69. The van der Waals surface area contributed by atoms with E-state index in [2.05, 4.69) is 20.6 Å². The van der Waals surface area contributed by atoms with Crippen LogP contribution >= 0.6 is 0 Å². The Morgan fingerprint density at radius 3 is 2.67 bits per heavy atom. The largest absolute Gasteiger partial charge is 0.465 e. The third kappa shape index (κ3) is 4.54. The molecule has 39 heavy (non-hydrogen) atoms. The number of amides is 2. The molecule has 9 heteroatoms. The van der Waals surface area contributed by atoms with Crippen LogP contribution in [0.3, 0.4) is 0 Å². The Bertz CT molecular complexity index is 1630. The molecule has 3 N–H and O–H groups in total. The smallest absolute Gasteiger partial charge is 0.337 e. The van der Waals surface area contributed by atoms with E-state index in [4.69, 9.17) is 4.74 Å². The standard InChI is InChI=1S/C30H25N5O4/c1-39-30(38)20-7-9-22-23(16-20)34-29(37)27(22)28(18-5-3-2-4-6-18)33-21-8-10-24-19(15-21)11-14-35(24)26(36)17-25-31-12-13-32-25/h2-10,12-13,15-16,33H,11,14,17H2,1H3,(H,31,32)(H,34,37)/b28-27-. The minimum absolute atomic E-state index is 0.0120. The zero-order valence-corrected chi connectivity index (χ0v) is 21.2. The normalized spacial score (nSPS) is 14.9. The van der Waals surface area contributed by atoms with Crippen LogP contribution in [-0.4, -0.2) is 41.4 Å². The Kier molecular flexibility index (Phi) is 6.16. The monoisotopic (exact) mass is 519 g/mol. The molecule has 0 saturated heterocycles. The summed E-state index contributed by atoms with van der Waals surface area (Å²) in [5.74, 6) is -0.114. The number of ether oxygens (including phenoxy) is 1. The lowest BCUT2D eigenvalue weighted by molar-refractivity contribution is -0.118. The number of rotatable bonds is 6. The van der Waals surface area contributed by atoms with Crippen molar-refractivity contribution in [2.24, 2.45) is 0 Å². The third-order valence-electron chi connectivity index (χ3n) is 6.92. The van der Waals surface area contributed by atoms with E-state index in [1.54, 1.807) is 35.5 Å². The first kappa shape index (κ1) is 24.2. The lowest BCUT2D eigenvalue weighted by Gasteiger charge is -2.18. The van der Waals surface area contributed by atoms with Gasteiger partial charge in [-0.05, 0) is 47.9 Å². The van der Waals surface area contributed by atoms with Crippen molar-refractivity contribution < 1.29 is 19.1 Å². The maximum atomic E-state index is 13.2. The van der Waals surface area contributed by atoms with Gasteiger partial charge in [0, 0.05) is 35.9 Å². The van der Waals surface area contributed by atoms with Crippen molar-refractivity contribution in [3.05, 3.63) is 107 Å². The summed E-state index contributed by atoms with van der Waals surface area (Å²) in [6.45, 7) is 0.600. The average molecular weight is 520 g/mol. The van der Waals surface area contributed by atoms with Crippen LogP contribution in [0, 0.1) is 0 Å². The highest BCUT2D eigenvalue weighted by Gasteiger charge is 2.30. The molecule has 0 spiro atoms. The number of methoxy groups -OCH3 is 1. The van der Waals surface area contributed by atoms with Gasteiger partial charge in [0.25, 0.3) is 5.91 Å². The zero-order valence-electron chi connectivity index (χ0n) is 21.2. The van der Waals surface area contributed by atoms with Gasteiger partial charge in [-0.1, -0.05) is 36.4 Å². The van der Waals surface area contributed by atoms with Crippen LogP contribution in [0.15, 0.2) is 79.1 Å². The van der Waals surface area contributed by atoms with E-state index in [1.807, 2.05) is 48.5 Å². The van der Waals surface area contributed by atoms with Gasteiger partial charge >= 0.3 is 5.97 Å². The Hall–Kier alpha value is -5.18. The molecule has 0 radical (unpaired) electrons. The summed E-state index contributed by atoms with van der Waals surface area (Å²) in [6.07, 6.45) is 4.28. The van der Waals surface area contributed by atoms with Crippen molar-refractivity contribution in [2.45, 2.75) is 12.8 Å². The number of hydrogen-bond acceptors (Lipinski definition) is 6. The van der Waals surface area contributed by atoms with E-state index >= 15 is 0 Å². The number of fused-ring (bicyclic) bond motifs is 2. The predicted molar refractivity (Wildman–Crippen MR) is 148 cm³/mol. The molecule has 0 bridgehead atoms. The van der Waals surface area contributed by atoms with Gasteiger partial charge in [-0.25, -0.2) is 9.78 Å². The summed E-state index contributed by atoms with van der Waals surface area (Å²) in [7, 11) is 1.32. The summed E-state index contributed by atoms with van der Waals surface area (Å²) < 4.78 is 4.83. The number of hydrogen-bond donors (Lipinski definition) is 3. The highest BCUT2D eigenvalue weighted by Crippen LogP contribution is 2.39. The van der Waals surface area contributed by atoms with Crippen LogP contribution in [-0.2, 0) is 27.2 Å². The second-order valence-electron chi connectivity index (χ2n) is 9.30. The van der Waals surface area contributed by atoms with E-state index in [0.717, 1.165) is 28.9 Å². The highest BCUT2D eigenvalue weighted by atomic mass is 16.5. The minimum Gasteiger partial charge on any atom is -0.465 e. The second-order valence-corrected chi connectivity index (χ2v) is 9.30. The van der Waals surface area contributed by atoms with Crippen LogP contribution in [0.4, 0.5) is 17.1 Å². The Morgan fingerprint density at radius 1 is 1.05 bits per heavy atom. The molecule has 3 heterocycles. The van der Waals surface area contributed by atoms with Gasteiger partial charge in [0.15, 0.2) is 0 Å². The number of aromatic amines is 1. The number of carbonyl (C=O) groups excluding carboxylic acids is 3. The molecule has 1 aromatic heterocycles. The lowest BCUT2D eigenvalue weighted by Crippen LogP contribution is -2.30. The van der Waals surface area contributed by atoms with Gasteiger partial charge in [-0.15, -0.1) is 0 Å². The fraction of sp³-hybridized carbons (Fsp3) is 0.133. The first-order chi connectivity index (χ1) is 19.0. The number of esters is 1. The second kappa shape index (κ2) is 9.94. The number of aromatic nitrogens is 2. The maximum Gasteiger partial charge on any atom is 0.337 e. The SMILES string of the molecule is COC(=O)c1ccc2c(c1)NC(=O)/C2=C(\Nc1ccc2c(c1)CCN2C(=O)Cc1ncc[nH]1)c1ccccc1. The Morgan fingerprint density at radius 2 is 1.90 bits per heavy atom. The molecule has 4 aromatic rings. The van der Waals surface area contributed by atoms with E-state index in [1.165, 1.54) is 7.11 Å². The van der Waals surface area contributed by atoms with Crippen molar-refractivity contribution in [1.82, 2.24) is 9.97 Å². The third-order valence-corrected chi connectivity index (χ3v) is 6.92. The van der Waals surface area contributed by atoms with E-state index in [9.17, 15) is 14.4 Å². The van der Waals surface area contributed by atoms with Crippen molar-refractivity contribution in [3.63, 3.8) is 0 Å². The maximum absolute atomic E-state index is 13.2. The number of carbonyl (C=O) groups is 3. The molecule has 2 aliphatic heterocycles. The van der Waals surface area contributed by atoms with Crippen molar-refractivity contribution in [2.75, 3.05) is 29.2 Å². The van der Waals surface area contributed by atoms with Crippen LogP contribution in [0.2, 0.25) is 0 Å². The molecule has 0 fully saturated rings. The summed E-state index contributed by atoms with van der Waals surface area (Å²) >= 11 is 0. The Labute approximate surface area is 224 Å². The fourth-order valence-corrected chi connectivity index (χ4v) is 5.07. The van der Waals surface area contributed by atoms with Gasteiger partial charge in [0.2, 0.25) is 5.91 Å². The number of nitrogens with zero attached hydrogens (tertiary/aromatic N) is 2. The molecule has 2 amide bonds. The first-order valence-corrected chi connectivity index (χ1v) is 12.5. The predicted octanol–water partition coefficient (Wildman–Crippen LogP) is 4.26. The highest BCUT2D eigenvalue weighted by molar-refractivity contribution is 6.37. The number of benzene rings is 3. The quantitative estimate of drug-likeness (QED) is 0.259. The summed E-state index contributed by atoms with van der Waals surface area (Å²) in [5, 5.41) is 6.36. The van der Waals surface area contributed by atoms with Crippen LogP contribution in [0.1, 0.15) is 32.9 Å². The lowest BCUT2D eigenvalue weighted by atomic mass is 9.99. The van der Waals surface area contributed by atoms with E-state index in [0.29, 0.717) is 40.5 Å². The number of H-pyrrole nitrogens is 1. The van der Waals surface area contributed by atoms with Gasteiger partial charge in [0.1, 0.15) is 5.82 Å². The molecular formula is C30H25N5O4. The van der Waals surface area contributed by atoms with Gasteiger partial charge in [-0.2, -0.15) is 0 Å². The molecule has 194 valence electrons. The number of nitrogens with one attached hydrogen (secondary N) is 3. The number of imidazole rings is 1. The molecular weight excluding hydrogens is 494 g/mol. The summed E-state index contributed by atoms with van der Waals surface area (Å²) in [5.41, 5.74) is 6.27. The molecule has 3 aromatic carbocycles. The van der Waals surface area contributed by atoms with Gasteiger partial charge in [-0.3, -0.25) is 9.59 Å². The van der Waals surface area contributed by atoms with Crippen molar-refractivity contribution >= 4 is 46.1 Å². The summed E-state index contributed by atoms with van der Waals surface area (Å²) in [6, 6.07) is 20.5. The summed E-state index contributed by atoms with van der Waals surface area (Å²) in [4.78, 5) is 47.1. The number of anilines is 3. The molecule has 0 aliphatic carbocycles. The van der Waals surface area contributed by atoms with E-state index < -0.39 is 5.97 Å². The van der Waals surface area contributed by atoms with Gasteiger partial charge < -0.3 is 25.3 Å². The molecule has 6 rings (SSSR count). The van der Waals surface area contributed by atoms with Gasteiger partial charge in [0.05, 0.1) is 36.1 Å². The molecule has 0 unspecified atom stereocenters. The minimum atomic E-state index is -0.472. The molecule has 2 aliphatic rings. The zero-order chi connectivity index (χ0) is 26.9. The molecule has 0 atom stereocenters. The van der Waals surface area contributed by atoms with Crippen LogP contribution in [0.25, 0.3) is 11.3 Å². The van der Waals surface area contributed by atoms with Crippen molar-refractivity contribution in [3.8, 4) is 0 Å². The van der Waals surface area contributed by atoms with E-state index in [-0.39, 0.29) is 18.2 Å². The molecule has 0 saturated carbocycles. The van der Waals surface area contributed by atoms with Crippen LogP contribution < -0.4 is 15.5 Å².